The minimum Gasteiger partial charge on any atom is -0.370 e. The minimum absolute atomic E-state index is 0.532. The molecule has 1 aliphatic rings. The summed E-state index contributed by atoms with van der Waals surface area (Å²) in [6.45, 7) is 3.66. The molecule has 0 aromatic carbocycles. The Balaban J connectivity index is 1.28. The molecule has 3 aromatic heterocycles. The predicted molar refractivity (Wildman–Crippen MR) is 85.1 cm³/mol. The number of nitrogens with zero attached hydrogens (tertiary/aromatic N) is 6. The smallest absolute Gasteiger partial charge is 0.155 e. The molecule has 0 saturated carbocycles. The van der Waals surface area contributed by atoms with Crippen LogP contribution in [-0.2, 0) is 13.1 Å². The van der Waals surface area contributed by atoms with Crippen LogP contribution in [0.4, 0.5) is 5.82 Å². The topological polar surface area (TPSA) is 85.5 Å². The Morgan fingerprint density at radius 1 is 1.26 bits per heavy atom. The van der Waals surface area contributed by atoms with Crippen LogP contribution in [0.15, 0.2) is 43.2 Å². The molecule has 8 heteroatoms. The van der Waals surface area contributed by atoms with E-state index in [4.69, 9.17) is 0 Å². The van der Waals surface area contributed by atoms with Gasteiger partial charge in [-0.3, -0.25) is 0 Å². The van der Waals surface area contributed by atoms with Crippen LogP contribution in [0.1, 0.15) is 5.56 Å². The average Bonchev–Trinajstić information content (AvgIpc) is 3.27. The van der Waals surface area contributed by atoms with Crippen molar-refractivity contribution in [2.75, 3.05) is 18.4 Å². The summed E-state index contributed by atoms with van der Waals surface area (Å²) < 4.78 is 3.66. The first-order valence-electron chi connectivity index (χ1n) is 7.65. The minimum atomic E-state index is 0.532. The summed E-state index contributed by atoms with van der Waals surface area (Å²) in [6.07, 6.45) is 6.84. The van der Waals surface area contributed by atoms with Gasteiger partial charge in [0.25, 0.3) is 0 Å². The second-order valence-corrected chi connectivity index (χ2v) is 5.64. The third-order valence-corrected chi connectivity index (χ3v) is 3.94. The van der Waals surface area contributed by atoms with Crippen molar-refractivity contribution in [1.29, 1.82) is 0 Å². The summed E-state index contributed by atoms with van der Waals surface area (Å²) in [5, 5.41) is 15.3. The highest BCUT2D eigenvalue weighted by atomic mass is 15.3. The van der Waals surface area contributed by atoms with Crippen molar-refractivity contribution in [3.8, 4) is 5.82 Å². The van der Waals surface area contributed by atoms with Gasteiger partial charge < -0.3 is 10.6 Å². The first-order valence-corrected chi connectivity index (χ1v) is 7.65. The summed E-state index contributed by atoms with van der Waals surface area (Å²) in [6, 6.07) is 6.01. The molecule has 8 nitrogen and oxygen atoms in total. The Labute approximate surface area is 133 Å². The van der Waals surface area contributed by atoms with Gasteiger partial charge in [-0.25, -0.2) is 19.3 Å². The van der Waals surface area contributed by atoms with Gasteiger partial charge in [-0.15, -0.1) is 0 Å². The molecule has 3 aromatic rings. The number of anilines is 1. The number of hydrogen-bond donors (Lipinski definition) is 2. The van der Waals surface area contributed by atoms with Crippen LogP contribution in [0.25, 0.3) is 5.82 Å². The Morgan fingerprint density at radius 3 is 3.09 bits per heavy atom. The molecule has 0 aliphatic carbocycles. The molecule has 1 atom stereocenters. The van der Waals surface area contributed by atoms with Crippen molar-refractivity contribution in [3.05, 3.63) is 48.8 Å². The summed E-state index contributed by atoms with van der Waals surface area (Å²) in [4.78, 5) is 8.32. The van der Waals surface area contributed by atoms with E-state index in [9.17, 15) is 0 Å². The third kappa shape index (κ3) is 3.07. The molecule has 118 valence electrons. The molecular formula is C15H18N8. The highest BCUT2D eigenvalue weighted by molar-refractivity contribution is 5.35. The Kier molecular flexibility index (Phi) is 3.73. The van der Waals surface area contributed by atoms with Crippen molar-refractivity contribution in [2.24, 2.45) is 5.92 Å². The van der Waals surface area contributed by atoms with Gasteiger partial charge in [0.2, 0.25) is 0 Å². The molecular weight excluding hydrogens is 292 g/mol. The van der Waals surface area contributed by atoms with E-state index in [0.29, 0.717) is 5.92 Å². The van der Waals surface area contributed by atoms with Crippen LogP contribution in [0.3, 0.4) is 0 Å². The number of rotatable bonds is 5. The third-order valence-electron chi connectivity index (χ3n) is 3.94. The molecule has 4 heterocycles. The molecule has 0 bridgehead atoms. The largest absolute Gasteiger partial charge is 0.370 e. The van der Waals surface area contributed by atoms with Crippen molar-refractivity contribution < 1.29 is 0 Å². The van der Waals surface area contributed by atoms with Crippen molar-refractivity contribution in [3.63, 3.8) is 0 Å². The molecule has 23 heavy (non-hydrogen) atoms. The first kappa shape index (κ1) is 13.9. The number of hydrogen-bond acceptors (Lipinski definition) is 6. The molecule has 4 rings (SSSR count). The van der Waals surface area contributed by atoms with Crippen LogP contribution in [0, 0.1) is 5.92 Å². The van der Waals surface area contributed by atoms with Gasteiger partial charge in [0.1, 0.15) is 18.5 Å². The fourth-order valence-electron chi connectivity index (χ4n) is 2.73. The Hall–Kier alpha value is -2.74. The van der Waals surface area contributed by atoms with Crippen molar-refractivity contribution in [2.45, 2.75) is 13.1 Å². The Morgan fingerprint density at radius 2 is 2.26 bits per heavy atom. The normalized spacial score (nSPS) is 16.8. The molecule has 0 radical (unpaired) electrons. The van der Waals surface area contributed by atoms with Crippen molar-refractivity contribution >= 4 is 5.82 Å². The van der Waals surface area contributed by atoms with E-state index in [-0.39, 0.29) is 0 Å². The van der Waals surface area contributed by atoms with Gasteiger partial charge in [0.05, 0.1) is 6.20 Å². The van der Waals surface area contributed by atoms with Gasteiger partial charge in [0, 0.05) is 44.4 Å². The lowest BCUT2D eigenvalue weighted by molar-refractivity contribution is 0.391. The summed E-state index contributed by atoms with van der Waals surface area (Å²) >= 11 is 0. The molecule has 0 spiro atoms. The van der Waals surface area contributed by atoms with Gasteiger partial charge in [-0.2, -0.15) is 10.2 Å². The SMILES string of the molecule is c1ncn(-c2ccc(CNCC3CNc4ccnn4C3)cn2)n1. The molecule has 0 fully saturated rings. The van der Waals surface area contributed by atoms with Crippen LogP contribution in [0.2, 0.25) is 0 Å². The molecule has 2 N–H and O–H groups in total. The highest BCUT2D eigenvalue weighted by Crippen LogP contribution is 2.15. The van der Waals surface area contributed by atoms with Gasteiger partial charge in [-0.05, 0) is 11.6 Å². The summed E-state index contributed by atoms with van der Waals surface area (Å²) in [5.74, 6) is 2.41. The average molecular weight is 310 g/mol. The van der Waals surface area contributed by atoms with E-state index in [0.717, 1.165) is 43.4 Å². The molecule has 1 aliphatic heterocycles. The quantitative estimate of drug-likeness (QED) is 0.721. The van der Waals surface area contributed by atoms with Gasteiger partial charge in [0.15, 0.2) is 5.82 Å². The lowest BCUT2D eigenvalue weighted by Crippen LogP contribution is -2.35. The lowest BCUT2D eigenvalue weighted by atomic mass is 10.1. The zero-order chi connectivity index (χ0) is 15.5. The molecule has 0 saturated heterocycles. The number of nitrogens with one attached hydrogen (secondary N) is 2. The van der Waals surface area contributed by atoms with E-state index in [1.807, 2.05) is 29.2 Å². The zero-order valence-corrected chi connectivity index (χ0v) is 12.6. The van der Waals surface area contributed by atoms with E-state index in [1.165, 1.54) is 6.33 Å². The second-order valence-electron chi connectivity index (χ2n) is 5.64. The molecule has 0 amide bonds. The van der Waals surface area contributed by atoms with Crippen LogP contribution >= 0.6 is 0 Å². The van der Waals surface area contributed by atoms with Gasteiger partial charge in [-0.1, -0.05) is 6.07 Å². The van der Waals surface area contributed by atoms with E-state index in [2.05, 4.69) is 36.9 Å². The maximum absolute atomic E-state index is 4.40. The Bertz CT molecular complexity index is 746. The maximum Gasteiger partial charge on any atom is 0.155 e. The number of fused-ring (bicyclic) bond motifs is 1. The first-order chi connectivity index (χ1) is 11.4. The van der Waals surface area contributed by atoms with E-state index >= 15 is 0 Å². The van der Waals surface area contributed by atoms with E-state index < -0.39 is 0 Å². The predicted octanol–water partition coefficient (Wildman–Crippen LogP) is 0.690. The fraction of sp³-hybridized carbons (Fsp3) is 0.333. The van der Waals surface area contributed by atoms with Gasteiger partial charge >= 0.3 is 0 Å². The monoisotopic (exact) mass is 310 g/mol. The number of pyridine rings is 1. The maximum atomic E-state index is 4.40. The second kappa shape index (κ2) is 6.17. The zero-order valence-electron chi connectivity index (χ0n) is 12.6. The molecule has 1 unspecified atom stereocenters. The van der Waals surface area contributed by atoms with Crippen LogP contribution < -0.4 is 10.6 Å². The summed E-state index contributed by atoms with van der Waals surface area (Å²) in [7, 11) is 0. The summed E-state index contributed by atoms with van der Waals surface area (Å²) in [5.41, 5.74) is 1.15. The standard InChI is InChI=1S/C15H18N8/c1-2-14(23-11-17-10-21-23)18-7-12(1)5-16-6-13-8-19-15-3-4-20-22(15)9-13/h1-4,7,10-11,13,16,19H,5-6,8-9H2. The number of aromatic nitrogens is 6. The fourth-order valence-corrected chi connectivity index (χ4v) is 2.73. The van der Waals surface area contributed by atoms with Crippen molar-refractivity contribution in [1.82, 2.24) is 34.8 Å². The highest BCUT2D eigenvalue weighted by Gasteiger charge is 2.17. The van der Waals surface area contributed by atoms with E-state index in [1.54, 1.807) is 11.0 Å². The van der Waals surface area contributed by atoms with Crippen LogP contribution in [-0.4, -0.2) is 42.6 Å². The van der Waals surface area contributed by atoms with Crippen LogP contribution in [0.5, 0.6) is 0 Å². The lowest BCUT2D eigenvalue weighted by Gasteiger charge is -2.25.